The summed E-state index contributed by atoms with van der Waals surface area (Å²) >= 11 is -1.97. The van der Waals surface area contributed by atoms with Crippen molar-refractivity contribution in [2.24, 2.45) is 0 Å². The van der Waals surface area contributed by atoms with Crippen molar-refractivity contribution in [1.29, 1.82) is 0 Å². The van der Waals surface area contributed by atoms with Gasteiger partial charge in [0.05, 0.1) is 0 Å². The van der Waals surface area contributed by atoms with E-state index in [0.29, 0.717) is 6.85 Å². The van der Waals surface area contributed by atoms with Crippen LogP contribution < -0.4 is 0 Å². The molecular weight excluding hydrogens is 288 g/mol. The van der Waals surface area contributed by atoms with Crippen LogP contribution in [-0.4, -0.2) is 43.1 Å². The molecule has 0 aromatic rings. The first-order chi connectivity index (χ1) is 6.93. The molecule has 15 heavy (non-hydrogen) atoms. The van der Waals surface area contributed by atoms with Crippen molar-refractivity contribution >= 4 is 25.2 Å². The van der Waals surface area contributed by atoms with E-state index in [2.05, 4.69) is 54.3 Å². The first-order valence-corrected chi connectivity index (χ1v) is 14.6. The van der Waals surface area contributed by atoms with Crippen LogP contribution in [0.3, 0.4) is 0 Å². The van der Waals surface area contributed by atoms with Crippen LogP contribution in [0.2, 0.25) is 9.88 Å². The first-order valence-electron chi connectivity index (χ1n) is 6.05. The summed E-state index contributed by atoms with van der Waals surface area (Å²) in [4.78, 5) is 7.56. The molecule has 0 unspecified atom stereocenters. The summed E-state index contributed by atoms with van der Waals surface area (Å²) in [7, 11) is 0. The molecule has 84 valence electrons. The van der Waals surface area contributed by atoms with Gasteiger partial charge >= 0.3 is 99.8 Å². The van der Waals surface area contributed by atoms with Crippen molar-refractivity contribution < 1.29 is 0 Å². The number of rotatable bonds is 3. The van der Waals surface area contributed by atoms with Crippen LogP contribution in [0.25, 0.3) is 0 Å². The molecule has 0 saturated carbocycles. The van der Waals surface area contributed by atoms with Gasteiger partial charge in [-0.3, -0.25) is 0 Å². The molecule has 3 heteroatoms. The third-order valence-electron chi connectivity index (χ3n) is 4.05. The van der Waals surface area contributed by atoms with Crippen LogP contribution in [0.15, 0.2) is 19.1 Å². The summed E-state index contributed by atoms with van der Waals surface area (Å²) in [5.74, 6) is 5.02. The third kappa shape index (κ3) is 2.70. The molecule has 0 bridgehead atoms. The minimum absolute atomic E-state index is 0.560. The molecule has 0 fully saturated rings. The Morgan fingerprint density at radius 1 is 1.07 bits per heavy atom. The van der Waals surface area contributed by atoms with Gasteiger partial charge in [0.2, 0.25) is 0 Å². The van der Waals surface area contributed by atoms with Gasteiger partial charge in [-0.25, -0.2) is 0 Å². The number of nitrogens with zero attached hydrogens (tertiary/aromatic N) is 1. The number of hydrogen-bond donors (Lipinski definition) is 0. The van der Waals surface area contributed by atoms with Crippen molar-refractivity contribution in [2.75, 3.05) is 13.1 Å². The van der Waals surface area contributed by atoms with Gasteiger partial charge in [-0.05, 0) is 0 Å². The molecular formula is C12H24BNSn. The van der Waals surface area contributed by atoms with Gasteiger partial charge in [-0.1, -0.05) is 0 Å². The molecule has 0 radical (unpaired) electrons. The van der Waals surface area contributed by atoms with Crippen LogP contribution in [0.4, 0.5) is 0 Å². The number of allylic oxidation sites excluding steroid dienone is 2. The Labute approximate surface area is 99.6 Å². The Morgan fingerprint density at radius 2 is 1.47 bits per heavy atom. The van der Waals surface area contributed by atoms with Crippen molar-refractivity contribution in [3.05, 3.63) is 19.1 Å². The molecule has 1 nitrogen and oxygen atoms in total. The van der Waals surface area contributed by atoms with Crippen molar-refractivity contribution in [2.45, 2.75) is 37.6 Å². The molecule has 0 atom stereocenters. The molecule has 0 saturated heterocycles. The van der Waals surface area contributed by atoms with Gasteiger partial charge < -0.3 is 0 Å². The normalized spacial score (nSPS) is 20.3. The minimum atomic E-state index is -1.97. The van der Waals surface area contributed by atoms with Crippen LogP contribution in [0, 0.1) is 0 Å². The van der Waals surface area contributed by atoms with Gasteiger partial charge in [0.25, 0.3) is 0 Å². The second-order valence-electron chi connectivity index (χ2n) is 5.04. The van der Waals surface area contributed by atoms with Gasteiger partial charge in [0, 0.05) is 0 Å². The second kappa shape index (κ2) is 5.09. The first kappa shape index (κ1) is 13.4. The van der Waals surface area contributed by atoms with E-state index >= 15 is 0 Å². The molecule has 0 aliphatic carbocycles. The molecule has 0 spiro atoms. The Bertz CT molecular complexity index is 268. The van der Waals surface area contributed by atoms with Crippen molar-refractivity contribution in [3.8, 4) is 0 Å². The predicted molar refractivity (Wildman–Crippen MR) is 73.7 cm³/mol. The molecule has 1 rings (SSSR count). The second-order valence-corrected chi connectivity index (χ2v) is 18.8. The monoisotopic (exact) mass is 313 g/mol. The van der Waals surface area contributed by atoms with E-state index in [9.17, 15) is 0 Å². The van der Waals surface area contributed by atoms with Crippen LogP contribution in [0.1, 0.15) is 27.7 Å². The van der Waals surface area contributed by atoms with E-state index in [0.717, 1.165) is 13.1 Å². The molecule has 0 N–H and O–H groups in total. The Balaban J connectivity index is 2.94. The Hall–Kier alpha value is 0.304. The van der Waals surface area contributed by atoms with E-state index in [1.807, 2.05) is 0 Å². The summed E-state index contributed by atoms with van der Waals surface area (Å²) in [5, 5.41) is 0. The Kier molecular flexibility index (Phi) is 4.54. The molecule has 1 aliphatic rings. The summed E-state index contributed by atoms with van der Waals surface area (Å²) in [6.45, 7) is 12.0. The van der Waals surface area contributed by atoms with Gasteiger partial charge in [-0.15, -0.1) is 0 Å². The summed E-state index contributed by atoms with van der Waals surface area (Å²) in [5.41, 5.74) is 0. The molecule has 0 amide bonds. The SMILES string of the molecule is CCN(CC)B1C=[C](C)[Sn]([CH3])([CH3])[C](C)=C1. The molecule has 0 aromatic carbocycles. The quantitative estimate of drug-likeness (QED) is 0.724. The molecule has 1 aliphatic heterocycles. The average molecular weight is 312 g/mol. The molecule has 1 heterocycles. The maximum atomic E-state index is 2.52. The van der Waals surface area contributed by atoms with Crippen molar-refractivity contribution in [3.63, 3.8) is 0 Å². The fraction of sp³-hybridized carbons (Fsp3) is 0.667. The topological polar surface area (TPSA) is 3.24 Å². The van der Waals surface area contributed by atoms with Gasteiger partial charge in [-0.2, -0.15) is 0 Å². The third-order valence-corrected chi connectivity index (χ3v) is 16.3. The maximum absolute atomic E-state index is 2.52. The summed E-state index contributed by atoms with van der Waals surface area (Å²) < 4.78 is 3.42. The molecule has 0 aromatic heterocycles. The fourth-order valence-electron chi connectivity index (χ4n) is 2.14. The average Bonchev–Trinajstić information content (AvgIpc) is 2.17. The van der Waals surface area contributed by atoms with E-state index in [4.69, 9.17) is 0 Å². The van der Waals surface area contributed by atoms with Crippen molar-refractivity contribution in [1.82, 2.24) is 4.81 Å². The zero-order valence-electron chi connectivity index (χ0n) is 11.1. The van der Waals surface area contributed by atoms with E-state index in [1.165, 1.54) is 0 Å². The Morgan fingerprint density at radius 3 is 1.80 bits per heavy atom. The standard InChI is InChI=1S/C10H18BN.2CH3.Sn/c1-5-9-11(10-6-2)12(7-3)8-4;;;/h9-10H,7-8H2,1-4H3;2*1H3;. The predicted octanol–water partition coefficient (Wildman–Crippen LogP) is 3.09. The van der Waals surface area contributed by atoms with Crippen LogP contribution in [-0.2, 0) is 0 Å². The van der Waals surface area contributed by atoms with Crippen LogP contribution >= 0.6 is 0 Å². The summed E-state index contributed by atoms with van der Waals surface area (Å²) in [6.07, 6.45) is 0. The zero-order chi connectivity index (χ0) is 11.6. The van der Waals surface area contributed by atoms with Gasteiger partial charge in [0.1, 0.15) is 0 Å². The zero-order valence-corrected chi connectivity index (χ0v) is 13.9. The van der Waals surface area contributed by atoms with E-state index in [-0.39, 0.29) is 0 Å². The summed E-state index contributed by atoms with van der Waals surface area (Å²) in [6, 6.07) is 0. The van der Waals surface area contributed by atoms with E-state index < -0.39 is 18.4 Å². The van der Waals surface area contributed by atoms with E-state index in [1.54, 1.807) is 7.18 Å². The fourth-order valence-corrected chi connectivity index (χ4v) is 7.27. The van der Waals surface area contributed by atoms with Crippen LogP contribution in [0.5, 0.6) is 0 Å². The van der Waals surface area contributed by atoms with Gasteiger partial charge in [0.15, 0.2) is 0 Å². The number of hydrogen-bond acceptors (Lipinski definition) is 1.